The Morgan fingerprint density at radius 1 is 1.30 bits per heavy atom. The molecule has 3 rings (SSSR count). The van der Waals surface area contributed by atoms with E-state index in [0.29, 0.717) is 12.1 Å². The Morgan fingerprint density at radius 2 is 2.15 bits per heavy atom. The largest absolute Gasteiger partial charge is 0.329 e. The van der Waals surface area contributed by atoms with Crippen LogP contribution in [0.3, 0.4) is 0 Å². The maximum Gasteiger partial charge on any atom is 0.146 e. The van der Waals surface area contributed by atoms with E-state index in [1.165, 1.54) is 6.20 Å². The highest BCUT2D eigenvalue weighted by Gasteiger charge is 2.15. The molecule has 2 heterocycles. The minimum Gasteiger partial charge on any atom is -0.329 e. The van der Waals surface area contributed by atoms with Crippen LogP contribution in [0.5, 0.6) is 0 Å². The first-order chi connectivity index (χ1) is 9.79. The SMILES string of the molecule is CNC(Cn1cnc2ccccc21)c1ccncc1F. The van der Waals surface area contributed by atoms with Gasteiger partial charge >= 0.3 is 0 Å². The van der Waals surface area contributed by atoms with Gasteiger partial charge in [-0.05, 0) is 25.2 Å². The van der Waals surface area contributed by atoms with E-state index in [9.17, 15) is 4.39 Å². The zero-order chi connectivity index (χ0) is 13.9. The molecule has 0 radical (unpaired) electrons. The zero-order valence-corrected chi connectivity index (χ0v) is 11.1. The van der Waals surface area contributed by atoms with Crippen molar-refractivity contribution in [1.29, 1.82) is 0 Å². The van der Waals surface area contributed by atoms with E-state index in [2.05, 4.69) is 15.3 Å². The van der Waals surface area contributed by atoms with Crippen LogP contribution in [0.2, 0.25) is 0 Å². The number of nitrogens with one attached hydrogen (secondary N) is 1. The second kappa shape index (κ2) is 5.38. The van der Waals surface area contributed by atoms with Crippen LogP contribution in [0.1, 0.15) is 11.6 Å². The summed E-state index contributed by atoms with van der Waals surface area (Å²) in [7, 11) is 1.82. The van der Waals surface area contributed by atoms with Crippen molar-refractivity contribution in [1.82, 2.24) is 19.9 Å². The maximum absolute atomic E-state index is 13.8. The summed E-state index contributed by atoms with van der Waals surface area (Å²) >= 11 is 0. The van der Waals surface area contributed by atoms with Crippen molar-refractivity contribution < 1.29 is 4.39 Å². The highest BCUT2D eigenvalue weighted by atomic mass is 19.1. The second-order valence-corrected chi connectivity index (χ2v) is 4.62. The number of imidazole rings is 1. The molecule has 0 aliphatic rings. The number of halogens is 1. The van der Waals surface area contributed by atoms with E-state index in [4.69, 9.17) is 0 Å². The molecule has 0 bridgehead atoms. The Morgan fingerprint density at radius 3 is 2.95 bits per heavy atom. The summed E-state index contributed by atoms with van der Waals surface area (Å²) in [6.07, 6.45) is 4.63. The summed E-state index contributed by atoms with van der Waals surface area (Å²) in [5, 5.41) is 3.15. The molecular formula is C15H15FN4. The predicted octanol–water partition coefficient (Wildman–Crippen LogP) is 2.53. The van der Waals surface area contributed by atoms with Gasteiger partial charge < -0.3 is 9.88 Å². The fourth-order valence-corrected chi connectivity index (χ4v) is 2.37. The van der Waals surface area contributed by atoms with Crippen molar-refractivity contribution in [2.24, 2.45) is 0 Å². The van der Waals surface area contributed by atoms with Crippen LogP contribution in [0, 0.1) is 5.82 Å². The lowest BCUT2D eigenvalue weighted by atomic mass is 10.1. The number of hydrogen-bond acceptors (Lipinski definition) is 3. The molecule has 0 saturated heterocycles. The smallest absolute Gasteiger partial charge is 0.146 e. The Hall–Kier alpha value is -2.27. The monoisotopic (exact) mass is 270 g/mol. The third-order valence-corrected chi connectivity index (χ3v) is 3.43. The molecule has 1 atom stereocenters. The third-order valence-electron chi connectivity index (χ3n) is 3.43. The Bertz CT molecular complexity index is 722. The molecule has 4 nitrogen and oxygen atoms in total. The fourth-order valence-electron chi connectivity index (χ4n) is 2.37. The molecule has 2 aromatic heterocycles. The molecule has 0 fully saturated rings. The molecule has 3 aromatic rings. The maximum atomic E-state index is 13.8. The van der Waals surface area contributed by atoms with Crippen molar-refractivity contribution in [3.8, 4) is 0 Å². The van der Waals surface area contributed by atoms with Gasteiger partial charge in [-0.2, -0.15) is 0 Å². The highest BCUT2D eigenvalue weighted by molar-refractivity contribution is 5.74. The van der Waals surface area contributed by atoms with Gasteiger partial charge in [-0.25, -0.2) is 9.37 Å². The molecule has 0 aliphatic heterocycles. The van der Waals surface area contributed by atoms with Crippen molar-refractivity contribution in [3.05, 3.63) is 60.4 Å². The number of likely N-dealkylation sites (N-methyl/N-ethyl adjacent to an activating group) is 1. The average Bonchev–Trinajstić information content (AvgIpc) is 2.89. The fraction of sp³-hybridized carbons (Fsp3) is 0.200. The third kappa shape index (κ3) is 2.28. The molecule has 1 aromatic carbocycles. The molecule has 0 spiro atoms. The lowest BCUT2D eigenvalue weighted by Crippen LogP contribution is -2.22. The van der Waals surface area contributed by atoms with Gasteiger partial charge in [-0.3, -0.25) is 4.98 Å². The van der Waals surface area contributed by atoms with Crippen molar-refractivity contribution in [2.45, 2.75) is 12.6 Å². The molecule has 0 saturated carbocycles. The first kappa shape index (κ1) is 12.7. The number of nitrogens with zero attached hydrogens (tertiary/aromatic N) is 3. The van der Waals surface area contributed by atoms with Crippen LogP contribution in [-0.2, 0) is 6.54 Å². The van der Waals surface area contributed by atoms with Gasteiger partial charge in [0.05, 0.1) is 29.6 Å². The standard InChI is InChI=1S/C15H15FN4/c1-17-14(11-6-7-18-8-12(11)16)9-20-10-19-13-4-2-3-5-15(13)20/h2-8,10,14,17H,9H2,1H3. The number of aromatic nitrogens is 3. The normalized spacial score (nSPS) is 12.7. The topological polar surface area (TPSA) is 42.7 Å². The lowest BCUT2D eigenvalue weighted by Gasteiger charge is -2.18. The van der Waals surface area contributed by atoms with Gasteiger partial charge in [0.15, 0.2) is 0 Å². The van der Waals surface area contributed by atoms with Crippen LogP contribution in [0.4, 0.5) is 4.39 Å². The number of fused-ring (bicyclic) bond motifs is 1. The average molecular weight is 270 g/mol. The Kier molecular flexibility index (Phi) is 3.43. The predicted molar refractivity (Wildman–Crippen MR) is 75.7 cm³/mol. The Labute approximate surface area is 116 Å². The first-order valence-corrected chi connectivity index (χ1v) is 6.46. The molecule has 0 aliphatic carbocycles. The van der Waals surface area contributed by atoms with Gasteiger partial charge in [0.2, 0.25) is 0 Å². The Balaban J connectivity index is 1.94. The number of para-hydroxylation sites is 2. The molecule has 1 N–H and O–H groups in total. The minimum absolute atomic E-state index is 0.129. The second-order valence-electron chi connectivity index (χ2n) is 4.62. The van der Waals surface area contributed by atoms with E-state index in [-0.39, 0.29) is 11.9 Å². The van der Waals surface area contributed by atoms with Crippen molar-refractivity contribution in [2.75, 3.05) is 7.05 Å². The zero-order valence-electron chi connectivity index (χ0n) is 11.1. The van der Waals surface area contributed by atoms with Crippen LogP contribution in [-0.4, -0.2) is 21.6 Å². The molecule has 1 unspecified atom stereocenters. The summed E-state index contributed by atoms with van der Waals surface area (Å²) in [5.41, 5.74) is 2.60. The van der Waals surface area contributed by atoms with E-state index < -0.39 is 0 Å². The van der Waals surface area contributed by atoms with Crippen molar-refractivity contribution >= 4 is 11.0 Å². The number of pyridine rings is 1. The molecule has 20 heavy (non-hydrogen) atoms. The summed E-state index contributed by atoms with van der Waals surface area (Å²) in [4.78, 5) is 8.14. The van der Waals surface area contributed by atoms with Gasteiger partial charge in [-0.15, -0.1) is 0 Å². The number of benzene rings is 1. The van der Waals surface area contributed by atoms with Crippen LogP contribution in [0.25, 0.3) is 11.0 Å². The summed E-state index contributed by atoms with van der Waals surface area (Å²) in [6, 6.07) is 9.48. The number of hydrogen-bond donors (Lipinski definition) is 1. The number of rotatable bonds is 4. The van der Waals surface area contributed by atoms with E-state index in [1.54, 1.807) is 18.6 Å². The van der Waals surface area contributed by atoms with Crippen molar-refractivity contribution in [3.63, 3.8) is 0 Å². The molecule has 0 amide bonds. The highest BCUT2D eigenvalue weighted by Crippen LogP contribution is 2.20. The molecular weight excluding hydrogens is 255 g/mol. The van der Waals surface area contributed by atoms with Gasteiger partial charge in [0.1, 0.15) is 5.82 Å². The minimum atomic E-state index is -0.295. The molecule has 5 heteroatoms. The van der Waals surface area contributed by atoms with E-state index >= 15 is 0 Å². The quantitative estimate of drug-likeness (QED) is 0.792. The lowest BCUT2D eigenvalue weighted by molar-refractivity contribution is 0.478. The van der Waals surface area contributed by atoms with Crippen LogP contribution >= 0.6 is 0 Å². The first-order valence-electron chi connectivity index (χ1n) is 6.46. The van der Waals surface area contributed by atoms with Crippen LogP contribution < -0.4 is 5.32 Å². The van der Waals surface area contributed by atoms with E-state index in [1.807, 2.05) is 35.9 Å². The van der Waals surface area contributed by atoms with Crippen LogP contribution in [0.15, 0.2) is 49.1 Å². The summed E-state index contributed by atoms with van der Waals surface area (Å²) in [6.45, 7) is 0.609. The van der Waals surface area contributed by atoms with Gasteiger partial charge in [-0.1, -0.05) is 12.1 Å². The van der Waals surface area contributed by atoms with Gasteiger partial charge in [0.25, 0.3) is 0 Å². The summed E-state index contributed by atoms with van der Waals surface area (Å²) < 4.78 is 15.9. The molecule has 102 valence electrons. The summed E-state index contributed by atoms with van der Waals surface area (Å²) in [5.74, 6) is -0.295. The van der Waals surface area contributed by atoms with E-state index in [0.717, 1.165) is 11.0 Å². The van der Waals surface area contributed by atoms with Gasteiger partial charge in [0, 0.05) is 18.3 Å².